The maximum Gasteiger partial charge on any atom is 0.395 e. The number of hydrogen-bond donors (Lipinski definition) is 2. The van der Waals surface area contributed by atoms with Crippen molar-refractivity contribution in [1.82, 2.24) is 4.72 Å². The van der Waals surface area contributed by atoms with Gasteiger partial charge in [0.25, 0.3) is 0 Å². The fourth-order valence-electron chi connectivity index (χ4n) is 0.505. The fraction of sp³-hybridized carbons (Fsp3) is 0.600. The Kier molecular flexibility index (Phi) is 3.68. The van der Waals surface area contributed by atoms with Crippen LogP contribution in [0.1, 0.15) is 13.3 Å². The number of carboxylic acid groups (broad SMARTS) is 1. The lowest BCUT2D eigenvalue weighted by molar-refractivity contribution is -0.149. The number of rotatable bonds is 3. The van der Waals surface area contributed by atoms with Crippen LogP contribution in [0.3, 0.4) is 0 Å². The third-order valence-corrected chi connectivity index (χ3v) is 2.36. The number of carboxylic acids is 1. The van der Waals surface area contributed by atoms with Crippen LogP contribution in [0.15, 0.2) is 0 Å². The van der Waals surface area contributed by atoms with Crippen LogP contribution < -0.4 is 4.72 Å². The van der Waals surface area contributed by atoms with Crippen molar-refractivity contribution in [3.63, 3.8) is 0 Å². The summed E-state index contributed by atoms with van der Waals surface area (Å²) in [4.78, 5) is 20.2. The van der Waals surface area contributed by atoms with Crippen LogP contribution in [0.2, 0.25) is 0 Å². The molecule has 0 radical (unpaired) electrons. The molecule has 0 aliphatic heterocycles. The summed E-state index contributed by atoms with van der Waals surface area (Å²) in [5.41, 5.74) is 0. The zero-order valence-electron chi connectivity index (χ0n) is 6.40. The summed E-state index contributed by atoms with van der Waals surface area (Å²) < 4.78 is 22.9. The molecule has 70 valence electrons. The highest BCUT2D eigenvalue weighted by Gasteiger charge is 2.18. The van der Waals surface area contributed by atoms with Crippen molar-refractivity contribution >= 4 is 21.9 Å². The zero-order chi connectivity index (χ0) is 9.78. The third kappa shape index (κ3) is 3.91. The van der Waals surface area contributed by atoms with Gasteiger partial charge < -0.3 is 5.11 Å². The first-order valence-electron chi connectivity index (χ1n) is 3.17. The number of nitrogens with one attached hydrogen (secondary N) is 1. The lowest BCUT2D eigenvalue weighted by atomic mass is 10.6. The van der Waals surface area contributed by atoms with Crippen LogP contribution in [-0.2, 0) is 19.6 Å². The van der Waals surface area contributed by atoms with E-state index in [-0.39, 0.29) is 5.75 Å². The van der Waals surface area contributed by atoms with E-state index in [0.29, 0.717) is 6.42 Å². The Morgan fingerprint density at radius 2 is 1.92 bits per heavy atom. The van der Waals surface area contributed by atoms with Crippen molar-refractivity contribution < 1.29 is 23.1 Å². The Morgan fingerprint density at radius 3 is 2.25 bits per heavy atom. The van der Waals surface area contributed by atoms with Crippen LogP contribution >= 0.6 is 0 Å². The minimum atomic E-state index is -3.76. The molecule has 0 aromatic heterocycles. The number of carbonyl (C=O) groups is 2. The molecule has 1 amide bonds. The summed E-state index contributed by atoms with van der Waals surface area (Å²) >= 11 is 0. The Labute approximate surface area is 69.6 Å². The number of hydrogen-bond acceptors (Lipinski definition) is 4. The average Bonchev–Trinajstić information content (AvgIpc) is 1.85. The minimum Gasteiger partial charge on any atom is -0.474 e. The van der Waals surface area contributed by atoms with Crippen molar-refractivity contribution in [2.45, 2.75) is 13.3 Å². The van der Waals surface area contributed by atoms with Crippen molar-refractivity contribution in [2.24, 2.45) is 0 Å². The first kappa shape index (κ1) is 10.9. The lowest BCUT2D eigenvalue weighted by Gasteiger charge is -2.00. The summed E-state index contributed by atoms with van der Waals surface area (Å²) in [5, 5.41) is 8.04. The molecule has 0 heterocycles. The van der Waals surface area contributed by atoms with Gasteiger partial charge in [0.15, 0.2) is 0 Å². The second-order valence-electron chi connectivity index (χ2n) is 2.06. The molecule has 0 aromatic carbocycles. The quantitative estimate of drug-likeness (QED) is 0.558. The van der Waals surface area contributed by atoms with E-state index in [1.165, 1.54) is 4.72 Å². The van der Waals surface area contributed by atoms with Gasteiger partial charge >= 0.3 is 11.9 Å². The van der Waals surface area contributed by atoms with Gasteiger partial charge in [-0.3, -0.25) is 4.79 Å². The van der Waals surface area contributed by atoms with Gasteiger partial charge in [-0.05, 0) is 6.42 Å². The van der Waals surface area contributed by atoms with Crippen LogP contribution in [0.4, 0.5) is 0 Å². The number of carbonyl (C=O) groups excluding carboxylic acids is 1. The zero-order valence-corrected chi connectivity index (χ0v) is 7.22. The molecule has 0 fully saturated rings. The van der Waals surface area contributed by atoms with Crippen LogP contribution in [0.25, 0.3) is 0 Å². The molecule has 0 saturated carbocycles. The Balaban J connectivity index is 4.26. The molecule has 0 saturated heterocycles. The molecule has 0 aliphatic rings. The Hall–Kier alpha value is -1.11. The summed E-state index contributed by atoms with van der Waals surface area (Å²) in [6.45, 7) is 1.60. The van der Waals surface area contributed by atoms with E-state index in [4.69, 9.17) is 5.11 Å². The van der Waals surface area contributed by atoms with Crippen molar-refractivity contribution in [2.75, 3.05) is 5.75 Å². The molecular weight excluding hydrogens is 186 g/mol. The van der Waals surface area contributed by atoms with E-state index in [1.807, 2.05) is 0 Å². The highest BCUT2D eigenvalue weighted by molar-refractivity contribution is 7.90. The maximum absolute atomic E-state index is 10.8. The number of sulfonamides is 1. The molecule has 0 aliphatic carbocycles. The highest BCUT2D eigenvalue weighted by atomic mass is 32.2. The average molecular weight is 195 g/mol. The SMILES string of the molecule is CCCS(=O)(=O)NC(=O)C(=O)O. The van der Waals surface area contributed by atoms with E-state index in [9.17, 15) is 18.0 Å². The molecule has 0 rings (SSSR count). The first-order chi connectivity index (χ1) is 5.39. The van der Waals surface area contributed by atoms with E-state index >= 15 is 0 Å². The van der Waals surface area contributed by atoms with Gasteiger partial charge in [0, 0.05) is 0 Å². The van der Waals surface area contributed by atoms with Gasteiger partial charge in [-0.2, -0.15) is 0 Å². The molecule has 7 heteroatoms. The predicted molar refractivity (Wildman–Crippen MR) is 39.9 cm³/mol. The molecule has 0 atom stereocenters. The molecule has 2 N–H and O–H groups in total. The van der Waals surface area contributed by atoms with Crippen LogP contribution in [0.5, 0.6) is 0 Å². The molecule has 0 bridgehead atoms. The predicted octanol–water partition coefficient (Wildman–Crippen LogP) is -1.07. The highest BCUT2D eigenvalue weighted by Crippen LogP contribution is 1.87. The maximum atomic E-state index is 10.8. The lowest BCUT2D eigenvalue weighted by Crippen LogP contribution is -2.37. The Bertz CT molecular complexity index is 280. The van der Waals surface area contributed by atoms with Crippen molar-refractivity contribution in [1.29, 1.82) is 0 Å². The molecule has 6 nitrogen and oxygen atoms in total. The standard InChI is InChI=1S/C5H9NO5S/c1-2-3-12(10,11)6-4(7)5(8)9/h2-3H2,1H3,(H,6,7)(H,8,9). The van der Waals surface area contributed by atoms with Gasteiger partial charge in [-0.25, -0.2) is 17.9 Å². The molecule has 0 spiro atoms. The molecule has 0 aromatic rings. The topological polar surface area (TPSA) is 101 Å². The summed E-state index contributed by atoms with van der Waals surface area (Å²) in [6.07, 6.45) is 0.322. The fourth-order valence-corrected chi connectivity index (χ4v) is 1.51. The van der Waals surface area contributed by atoms with E-state index in [0.717, 1.165) is 0 Å². The van der Waals surface area contributed by atoms with Crippen LogP contribution in [0, 0.1) is 0 Å². The second-order valence-corrected chi connectivity index (χ2v) is 3.90. The summed E-state index contributed by atoms with van der Waals surface area (Å²) in [5.74, 6) is -3.59. The van der Waals surface area contributed by atoms with Crippen molar-refractivity contribution in [3.8, 4) is 0 Å². The smallest absolute Gasteiger partial charge is 0.395 e. The third-order valence-electron chi connectivity index (χ3n) is 0.915. The van der Waals surface area contributed by atoms with E-state index < -0.39 is 21.9 Å². The Morgan fingerprint density at radius 1 is 1.42 bits per heavy atom. The summed E-state index contributed by atoms with van der Waals surface area (Å²) in [7, 11) is -3.76. The first-order valence-corrected chi connectivity index (χ1v) is 4.82. The molecule has 0 unspecified atom stereocenters. The van der Waals surface area contributed by atoms with Crippen molar-refractivity contribution in [3.05, 3.63) is 0 Å². The normalized spacial score (nSPS) is 10.8. The van der Waals surface area contributed by atoms with E-state index in [2.05, 4.69) is 0 Å². The van der Waals surface area contributed by atoms with Gasteiger partial charge in [0.2, 0.25) is 10.0 Å². The number of aliphatic carboxylic acids is 1. The second kappa shape index (κ2) is 4.05. The van der Waals surface area contributed by atoms with Gasteiger partial charge in [0.05, 0.1) is 5.75 Å². The molecular formula is C5H9NO5S. The molecule has 12 heavy (non-hydrogen) atoms. The van der Waals surface area contributed by atoms with Gasteiger partial charge in [-0.15, -0.1) is 0 Å². The van der Waals surface area contributed by atoms with E-state index in [1.54, 1.807) is 6.92 Å². The largest absolute Gasteiger partial charge is 0.474 e. The van der Waals surface area contributed by atoms with Gasteiger partial charge in [-0.1, -0.05) is 6.92 Å². The van der Waals surface area contributed by atoms with Gasteiger partial charge in [0.1, 0.15) is 0 Å². The van der Waals surface area contributed by atoms with Crippen LogP contribution in [-0.4, -0.2) is 31.2 Å². The minimum absolute atomic E-state index is 0.258. The number of amides is 1. The monoisotopic (exact) mass is 195 g/mol. The summed E-state index contributed by atoms with van der Waals surface area (Å²) in [6, 6.07) is 0.